The molecule has 1 saturated heterocycles. The standard InChI is InChI=1S/C19H21FN2OS/c20-14-7-5-13(6-8-14)18(19(23)21-15-9-10-15)22-11-1-3-16(22)17-4-2-12-24-17/h2,4-8,12,15-16,18H,1,3,9-11H2,(H,21,23). The second-order valence-corrected chi connectivity index (χ2v) is 7.63. The number of nitrogens with one attached hydrogen (secondary N) is 1. The molecule has 1 saturated carbocycles. The van der Waals surface area contributed by atoms with Crippen LogP contribution in [0.2, 0.25) is 0 Å². The Labute approximate surface area is 145 Å². The minimum absolute atomic E-state index is 0.0487. The lowest BCUT2D eigenvalue weighted by atomic mass is 10.0. The van der Waals surface area contributed by atoms with E-state index >= 15 is 0 Å². The van der Waals surface area contributed by atoms with Crippen LogP contribution in [-0.4, -0.2) is 23.4 Å². The summed E-state index contributed by atoms with van der Waals surface area (Å²) in [5, 5.41) is 5.23. The van der Waals surface area contributed by atoms with Gasteiger partial charge in [0.15, 0.2) is 0 Å². The highest BCUT2D eigenvalue weighted by atomic mass is 32.1. The molecule has 24 heavy (non-hydrogen) atoms. The third kappa shape index (κ3) is 3.23. The van der Waals surface area contributed by atoms with Gasteiger partial charge in [0.1, 0.15) is 11.9 Å². The van der Waals surface area contributed by atoms with E-state index in [1.807, 2.05) is 0 Å². The summed E-state index contributed by atoms with van der Waals surface area (Å²) in [5.74, 6) is -0.219. The lowest BCUT2D eigenvalue weighted by Crippen LogP contribution is -2.41. The zero-order valence-corrected chi connectivity index (χ0v) is 14.3. The van der Waals surface area contributed by atoms with Gasteiger partial charge in [0, 0.05) is 17.0 Å². The maximum Gasteiger partial charge on any atom is 0.242 e. The zero-order chi connectivity index (χ0) is 16.5. The first-order valence-electron chi connectivity index (χ1n) is 8.57. The molecule has 2 atom stereocenters. The highest BCUT2D eigenvalue weighted by molar-refractivity contribution is 7.10. The van der Waals surface area contributed by atoms with E-state index in [2.05, 4.69) is 27.7 Å². The summed E-state index contributed by atoms with van der Waals surface area (Å²) in [6.45, 7) is 0.892. The third-order valence-electron chi connectivity index (χ3n) is 4.86. The van der Waals surface area contributed by atoms with Crippen molar-refractivity contribution < 1.29 is 9.18 Å². The fraction of sp³-hybridized carbons (Fsp3) is 0.421. The van der Waals surface area contributed by atoms with Gasteiger partial charge in [-0.2, -0.15) is 0 Å². The third-order valence-corrected chi connectivity index (χ3v) is 5.83. The van der Waals surface area contributed by atoms with Crippen LogP contribution in [0.1, 0.15) is 48.2 Å². The first-order chi connectivity index (χ1) is 11.7. The van der Waals surface area contributed by atoms with E-state index in [9.17, 15) is 9.18 Å². The summed E-state index contributed by atoms with van der Waals surface area (Å²) in [6, 6.07) is 10.8. The number of carbonyl (C=O) groups is 1. The molecule has 5 heteroatoms. The van der Waals surface area contributed by atoms with E-state index in [1.54, 1.807) is 23.5 Å². The number of benzene rings is 1. The summed E-state index contributed by atoms with van der Waals surface area (Å²) in [6.07, 6.45) is 4.28. The lowest BCUT2D eigenvalue weighted by molar-refractivity contribution is -0.127. The van der Waals surface area contributed by atoms with E-state index in [0.29, 0.717) is 6.04 Å². The molecule has 1 aliphatic heterocycles. The van der Waals surface area contributed by atoms with Crippen molar-refractivity contribution in [3.05, 3.63) is 58.0 Å². The summed E-state index contributed by atoms with van der Waals surface area (Å²) < 4.78 is 13.3. The summed E-state index contributed by atoms with van der Waals surface area (Å²) in [5.41, 5.74) is 0.873. The molecule has 0 bridgehead atoms. The van der Waals surface area contributed by atoms with Gasteiger partial charge in [-0.05, 0) is 61.4 Å². The Morgan fingerprint density at radius 3 is 2.67 bits per heavy atom. The quantitative estimate of drug-likeness (QED) is 0.888. The Morgan fingerprint density at radius 1 is 1.21 bits per heavy atom. The second kappa shape index (κ2) is 6.65. The predicted molar refractivity (Wildman–Crippen MR) is 93.3 cm³/mol. The maximum absolute atomic E-state index is 13.3. The smallest absolute Gasteiger partial charge is 0.242 e. The number of likely N-dealkylation sites (tertiary alicyclic amines) is 1. The number of amides is 1. The molecule has 2 unspecified atom stereocenters. The second-order valence-electron chi connectivity index (χ2n) is 6.65. The fourth-order valence-corrected chi connectivity index (χ4v) is 4.41. The molecular formula is C19H21FN2OS. The van der Waals surface area contributed by atoms with Crippen LogP contribution >= 0.6 is 11.3 Å². The van der Waals surface area contributed by atoms with Crippen molar-refractivity contribution in [3.63, 3.8) is 0 Å². The predicted octanol–water partition coefficient (Wildman–Crippen LogP) is 4.04. The largest absolute Gasteiger partial charge is 0.352 e. The minimum Gasteiger partial charge on any atom is -0.352 e. The molecule has 1 amide bonds. The van der Waals surface area contributed by atoms with Crippen molar-refractivity contribution in [3.8, 4) is 0 Å². The van der Waals surface area contributed by atoms with Crippen molar-refractivity contribution in [1.29, 1.82) is 0 Å². The van der Waals surface area contributed by atoms with E-state index in [0.717, 1.165) is 37.8 Å². The average Bonchev–Trinajstić information content (AvgIpc) is 3.03. The number of rotatable bonds is 5. The maximum atomic E-state index is 13.3. The first-order valence-corrected chi connectivity index (χ1v) is 9.45. The molecule has 0 spiro atoms. The van der Waals surface area contributed by atoms with Gasteiger partial charge in [-0.15, -0.1) is 11.3 Å². The summed E-state index contributed by atoms with van der Waals surface area (Å²) in [7, 11) is 0. The molecule has 0 radical (unpaired) electrons. The van der Waals surface area contributed by atoms with Crippen LogP contribution in [0.3, 0.4) is 0 Å². The first kappa shape index (κ1) is 15.8. The minimum atomic E-state index is -0.346. The Bertz CT molecular complexity index is 697. The molecule has 2 aromatic rings. The Balaban J connectivity index is 1.65. The number of halogens is 1. The molecule has 3 nitrogen and oxygen atoms in total. The van der Waals surface area contributed by atoms with Crippen LogP contribution in [0.15, 0.2) is 41.8 Å². The topological polar surface area (TPSA) is 32.3 Å². The van der Waals surface area contributed by atoms with Crippen molar-refractivity contribution in [2.75, 3.05) is 6.54 Å². The monoisotopic (exact) mass is 344 g/mol. The summed E-state index contributed by atoms with van der Waals surface area (Å²) in [4.78, 5) is 16.5. The van der Waals surface area contributed by atoms with Gasteiger partial charge in [-0.3, -0.25) is 9.69 Å². The molecule has 2 fully saturated rings. The Hall–Kier alpha value is -1.72. The molecule has 2 aliphatic rings. The number of hydrogen-bond donors (Lipinski definition) is 1. The molecule has 1 N–H and O–H groups in total. The Morgan fingerprint density at radius 2 is 2.00 bits per heavy atom. The molecule has 1 aromatic heterocycles. The molecule has 1 aliphatic carbocycles. The van der Waals surface area contributed by atoms with Crippen LogP contribution in [0.5, 0.6) is 0 Å². The van der Waals surface area contributed by atoms with Crippen LogP contribution in [0, 0.1) is 5.82 Å². The lowest BCUT2D eigenvalue weighted by Gasteiger charge is -2.32. The molecule has 1 aromatic carbocycles. The molecule has 2 heterocycles. The molecule has 126 valence electrons. The van der Waals surface area contributed by atoms with Gasteiger partial charge >= 0.3 is 0 Å². The van der Waals surface area contributed by atoms with Gasteiger partial charge in [-0.25, -0.2) is 4.39 Å². The number of thiophene rings is 1. The van der Waals surface area contributed by atoms with Crippen molar-refractivity contribution in [2.24, 2.45) is 0 Å². The van der Waals surface area contributed by atoms with E-state index in [4.69, 9.17) is 0 Å². The van der Waals surface area contributed by atoms with Crippen LogP contribution in [-0.2, 0) is 4.79 Å². The van der Waals surface area contributed by atoms with Crippen molar-refractivity contribution >= 4 is 17.2 Å². The van der Waals surface area contributed by atoms with Gasteiger partial charge in [0.2, 0.25) is 5.91 Å². The van der Waals surface area contributed by atoms with Gasteiger partial charge in [0.05, 0.1) is 0 Å². The van der Waals surface area contributed by atoms with Gasteiger partial charge in [0.25, 0.3) is 0 Å². The van der Waals surface area contributed by atoms with Crippen LogP contribution in [0.25, 0.3) is 0 Å². The van der Waals surface area contributed by atoms with Crippen LogP contribution < -0.4 is 5.32 Å². The van der Waals surface area contributed by atoms with Gasteiger partial charge in [-0.1, -0.05) is 18.2 Å². The molecular weight excluding hydrogens is 323 g/mol. The molecule has 4 rings (SSSR count). The van der Waals surface area contributed by atoms with E-state index in [-0.39, 0.29) is 23.8 Å². The SMILES string of the molecule is O=C(NC1CC1)C(c1ccc(F)cc1)N1CCCC1c1cccs1. The highest BCUT2D eigenvalue weighted by Crippen LogP contribution is 2.40. The normalized spacial score (nSPS) is 22.5. The average molecular weight is 344 g/mol. The number of nitrogens with zero attached hydrogens (tertiary/aromatic N) is 1. The van der Waals surface area contributed by atoms with Crippen molar-refractivity contribution in [1.82, 2.24) is 10.2 Å². The van der Waals surface area contributed by atoms with E-state index < -0.39 is 0 Å². The van der Waals surface area contributed by atoms with Gasteiger partial charge < -0.3 is 5.32 Å². The van der Waals surface area contributed by atoms with E-state index in [1.165, 1.54) is 17.0 Å². The van der Waals surface area contributed by atoms with Crippen molar-refractivity contribution in [2.45, 2.75) is 43.8 Å². The fourth-order valence-electron chi connectivity index (χ4n) is 3.53. The van der Waals surface area contributed by atoms with Crippen LogP contribution in [0.4, 0.5) is 4.39 Å². The summed E-state index contributed by atoms with van der Waals surface area (Å²) >= 11 is 1.74. The number of carbonyl (C=O) groups excluding carboxylic acids is 1. The zero-order valence-electron chi connectivity index (χ0n) is 13.5. The number of hydrogen-bond acceptors (Lipinski definition) is 3. The Kier molecular flexibility index (Phi) is 4.37. The highest BCUT2D eigenvalue weighted by Gasteiger charge is 2.38.